The second-order valence-electron chi connectivity index (χ2n) is 4.04. The van der Waals surface area contributed by atoms with E-state index >= 15 is 0 Å². The summed E-state index contributed by atoms with van der Waals surface area (Å²) in [6.45, 7) is 5.00. The molecule has 0 spiro atoms. The van der Waals surface area contributed by atoms with Gasteiger partial charge in [0.05, 0.1) is 11.4 Å². The van der Waals surface area contributed by atoms with Crippen LogP contribution in [0.5, 0.6) is 0 Å². The molecule has 3 nitrogen and oxygen atoms in total. The van der Waals surface area contributed by atoms with Gasteiger partial charge >= 0.3 is 0 Å². The lowest BCUT2D eigenvalue weighted by molar-refractivity contribution is 0.800. The predicted molar refractivity (Wildman–Crippen MR) is 73.5 cm³/mol. The maximum absolute atomic E-state index is 4.61. The van der Waals surface area contributed by atoms with Gasteiger partial charge in [-0.05, 0) is 49.0 Å². The van der Waals surface area contributed by atoms with E-state index in [9.17, 15) is 0 Å². The van der Waals surface area contributed by atoms with Crippen molar-refractivity contribution in [1.82, 2.24) is 15.1 Å². The van der Waals surface area contributed by atoms with Crippen molar-refractivity contribution in [2.75, 3.05) is 7.05 Å². The highest BCUT2D eigenvalue weighted by atomic mass is 79.9. The van der Waals surface area contributed by atoms with Crippen LogP contribution in [-0.4, -0.2) is 16.8 Å². The summed E-state index contributed by atoms with van der Waals surface area (Å²) in [5.74, 6) is 0. The van der Waals surface area contributed by atoms with Gasteiger partial charge in [-0.3, -0.25) is 0 Å². The summed E-state index contributed by atoms with van der Waals surface area (Å²) in [6.07, 6.45) is 0. The number of nitrogens with zero attached hydrogens (tertiary/aromatic N) is 2. The summed E-state index contributed by atoms with van der Waals surface area (Å²) < 4.78 is 3.05. The molecule has 0 radical (unpaired) electrons. The second-order valence-corrected chi connectivity index (χ2v) is 4.90. The zero-order valence-corrected chi connectivity index (χ0v) is 11.9. The number of halogens is 1. The van der Waals surface area contributed by atoms with Crippen molar-refractivity contribution in [3.63, 3.8) is 0 Å². The molecule has 0 unspecified atom stereocenters. The highest BCUT2D eigenvalue weighted by molar-refractivity contribution is 9.10. The van der Waals surface area contributed by atoms with Gasteiger partial charge in [-0.15, -0.1) is 0 Å². The smallest absolute Gasteiger partial charge is 0.0790 e. The molecule has 0 aliphatic rings. The van der Waals surface area contributed by atoms with Crippen molar-refractivity contribution >= 4 is 15.9 Å². The molecule has 1 aromatic carbocycles. The van der Waals surface area contributed by atoms with Gasteiger partial charge < -0.3 is 5.32 Å². The van der Waals surface area contributed by atoms with Crippen molar-refractivity contribution in [2.24, 2.45) is 0 Å². The van der Waals surface area contributed by atoms with Crippen LogP contribution in [-0.2, 0) is 6.54 Å². The van der Waals surface area contributed by atoms with Gasteiger partial charge in [0, 0.05) is 22.3 Å². The molecule has 0 atom stereocenters. The fourth-order valence-corrected chi connectivity index (χ4v) is 2.42. The Labute approximate surface area is 110 Å². The standard InChI is InChI=1S/C13H16BrN3/c1-9-11(8-15-3)10(2)17(16-9)13-7-5-4-6-12(13)14/h4-7,15H,8H2,1-3H3. The normalized spacial score (nSPS) is 10.8. The van der Waals surface area contributed by atoms with Crippen molar-refractivity contribution in [3.05, 3.63) is 45.7 Å². The average Bonchev–Trinajstić information content (AvgIpc) is 2.58. The average molecular weight is 294 g/mol. The molecule has 0 fully saturated rings. The Morgan fingerprint density at radius 3 is 2.65 bits per heavy atom. The molecular weight excluding hydrogens is 278 g/mol. The first-order valence-electron chi connectivity index (χ1n) is 5.59. The van der Waals surface area contributed by atoms with Crippen LogP contribution in [0, 0.1) is 13.8 Å². The maximum atomic E-state index is 4.61. The summed E-state index contributed by atoms with van der Waals surface area (Å²) in [5.41, 5.74) is 4.61. The zero-order valence-electron chi connectivity index (χ0n) is 10.3. The minimum atomic E-state index is 0.849. The van der Waals surface area contributed by atoms with Gasteiger partial charge in [-0.2, -0.15) is 5.10 Å². The van der Waals surface area contributed by atoms with Gasteiger partial charge in [0.2, 0.25) is 0 Å². The van der Waals surface area contributed by atoms with E-state index in [1.54, 1.807) is 0 Å². The zero-order chi connectivity index (χ0) is 12.4. The summed E-state index contributed by atoms with van der Waals surface area (Å²) in [7, 11) is 1.95. The number of hydrogen-bond donors (Lipinski definition) is 1. The Bertz CT molecular complexity index is 531. The molecule has 1 N–H and O–H groups in total. The quantitative estimate of drug-likeness (QED) is 0.943. The molecule has 1 heterocycles. The number of hydrogen-bond acceptors (Lipinski definition) is 2. The van der Waals surface area contributed by atoms with Crippen LogP contribution in [0.4, 0.5) is 0 Å². The molecule has 17 heavy (non-hydrogen) atoms. The lowest BCUT2D eigenvalue weighted by atomic mass is 10.2. The molecule has 2 rings (SSSR count). The van der Waals surface area contributed by atoms with Crippen molar-refractivity contribution in [3.8, 4) is 5.69 Å². The molecule has 1 aromatic heterocycles. The third kappa shape index (κ3) is 2.28. The van der Waals surface area contributed by atoms with E-state index in [1.165, 1.54) is 11.3 Å². The van der Waals surface area contributed by atoms with Crippen LogP contribution in [0.25, 0.3) is 5.69 Å². The molecular formula is C13H16BrN3. The number of nitrogens with one attached hydrogen (secondary N) is 1. The monoisotopic (exact) mass is 293 g/mol. The van der Waals surface area contributed by atoms with E-state index in [4.69, 9.17) is 0 Å². The number of aryl methyl sites for hydroxylation is 1. The first-order valence-corrected chi connectivity index (χ1v) is 6.39. The fraction of sp³-hybridized carbons (Fsp3) is 0.308. The van der Waals surface area contributed by atoms with Crippen molar-refractivity contribution < 1.29 is 0 Å². The summed E-state index contributed by atoms with van der Waals surface area (Å²) >= 11 is 3.56. The molecule has 2 aromatic rings. The number of para-hydroxylation sites is 1. The van der Waals surface area contributed by atoms with Crippen LogP contribution in [0.3, 0.4) is 0 Å². The molecule has 4 heteroatoms. The van der Waals surface area contributed by atoms with Gasteiger partial charge in [0.15, 0.2) is 0 Å². The Kier molecular flexibility index (Phi) is 3.64. The summed E-state index contributed by atoms with van der Waals surface area (Å²) in [5, 5.41) is 7.79. The van der Waals surface area contributed by atoms with Crippen LogP contribution >= 0.6 is 15.9 Å². The van der Waals surface area contributed by atoms with Crippen LogP contribution < -0.4 is 5.32 Å². The fourth-order valence-electron chi connectivity index (χ4n) is 1.97. The third-order valence-corrected chi connectivity index (χ3v) is 3.55. The number of rotatable bonds is 3. The highest BCUT2D eigenvalue weighted by Crippen LogP contribution is 2.23. The lowest BCUT2D eigenvalue weighted by Crippen LogP contribution is -2.07. The van der Waals surface area contributed by atoms with Crippen LogP contribution in [0.1, 0.15) is 17.0 Å². The van der Waals surface area contributed by atoms with E-state index in [0.717, 1.165) is 22.4 Å². The largest absolute Gasteiger partial charge is 0.316 e. The van der Waals surface area contributed by atoms with Crippen LogP contribution in [0.2, 0.25) is 0 Å². The van der Waals surface area contributed by atoms with Crippen molar-refractivity contribution in [1.29, 1.82) is 0 Å². The minimum Gasteiger partial charge on any atom is -0.316 e. The van der Waals surface area contributed by atoms with E-state index in [2.05, 4.69) is 39.3 Å². The van der Waals surface area contributed by atoms with Gasteiger partial charge in [0.1, 0.15) is 0 Å². The van der Waals surface area contributed by atoms with Crippen LogP contribution in [0.15, 0.2) is 28.7 Å². The minimum absolute atomic E-state index is 0.849. The van der Waals surface area contributed by atoms with Gasteiger partial charge in [-0.1, -0.05) is 12.1 Å². The topological polar surface area (TPSA) is 29.9 Å². The molecule has 0 aliphatic carbocycles. The molecule has 0 saturated heterocycles. The van der Waals surface area contributed by atoms with Gasteiger partial charge in [-0.25, -0.2) is 4.68 Å². The van der Waals surface area contributed by atoms with Crippen molar-refractivity contribution in [2.45, 2.75) is 20.4 Å². The van der Waals surface area contributed by atoms with E-state index < -0.39 is 0 Å². The van der Waals surface area contributed by atoms with E-state index in [-0.39, 0.29) is 0 Å². The SMILES string of the molecule is CNCc1c(C)nn(-c2ccccc2Br)c1C. The Morgan fingerprint density at radius 1 is 1.29 bits per heavy atom. The predicted octanol–water partition coefficient (Wildman–Crippen LogP) is 2.97. The molecule has 90 valence electrons. The van der Waals surface area contributed by atoms with E-state index in [1.807, 2.05) is 36.9 Å². The summed E-state index contributed by atoms with van der Waals surface area (Å²) in [4.78, 5) is 0. The molecule has 0 bridgehead atoms. The highest BCUT2D eigenvalue weighted by Gasteiger charge is 2.13. The van der Waals surface area contributed by atoms with E-state index in [0.29, 0.717) is 0 Å². The first kappa shape index (κ1) is 12.3. The third-order valence-electron chi connectivity index (χ3n) is 2.88. The Balaban J connectivity index is 2.54. The molecule has 0 aliphatic heterocycles. The Hall–Kier alpha value is -1.13. The molecule has 0 saturated carbocycles. The number of aromatic nitrogens is 2. The van der Waals surface area contributed by atoms with Gasteiger partial charge in [0.25, 0.3) is 0 Å². The Morgan fingerprint density at radius 2 is 2.00 bits per heavy atom. The first-order chi connectivity index (χ1) is 8.15. The second kappa shape index (κ2) is 5.02. The lowest BCUT2D eigenvalue weighted by Gasteiger charge is -2.07. The maximum Gasteiger partial charge on any atom is 0.0790 e. The summed E-state index contributed by atoms with van der Waals surface area (Å²) in [6, 6.07) is 8.12. The molecule has 0 amide bonds. The number of benzene rings is 1.